The number of hydrogen-bond donors (Lipinski definition) is 2. The second kappa shape index (κ2) is 8.74. The molecule has 0 aromatic heterocycles. The number of para-hydroxylation sites is 1. The van der Waals surface area contributed by atoms with E-state index < -0.39 is 5.60 Å². The van der Waals surface area contributed by atoms with E-state index in [4.69, 9.17) is 4.74 Å². The normalized spacial score (nSPS) is 15.6. The Kier molecular flexibility index (Phi) is 6.67. The lowest BCUT2D eigenvalue weighted by atomic mass is 9.97. The summed E-state index contributed by atoms with van der Waals surface area (Å²) in [6, 6.07) is 9.66. The molecule has 2 rings (SSSR count). The molecule has 6 nitrogen and oxygen atoms in total. The summed E-state index contributed by atoms with van der Waals surface area (Å²) in [5.41, 5.74) is 0.469. The molecule has 0 spiro atoms. The summed E-state index contributed by atoms with van der Waals surface area (Å²) >= 11 is 0. The van der Waals surface area contributed by atoms with Gasteiger partial charge in [-0.05, 0) is 51.7 Å². The maximum absolute atomic E-state index is 12.0. The molecule has 1 aliphatic heterocycles. The maximum atomic E-state index is 12.0. The van der Waals surface area contributed by atoms with Crippen molar-refractivity contribution in [2.75, 3.05) is 31.5 Å². The highest BCUT2D eigenvalue weighted by atomic mass is 16.6. The van der Waals surface area contributed by atoms with Gasteiger partial charge in [0.15, 0.2) is 0 Å². The van der Waals surface area contributed by atoms with E-state index in [9.17, 15) is 9.59 Å². The molecule has 6 heteroatoms. The van der Waals surface area contributed by atoms with Gasteiger partial charge in [0.05, 0.1) is 6.54 Å². The van der Waals surface area contributed by atoms with E-state index in [1.54, 1.807) is 4.90 Å². The average Bonchev–Trinajstić information content (AvgIpc) is 2.58. The van der Waals surface area contributed by atoms with Gasteiger partial charge in [0.1, 0.15) is 5.60 Å². The fourth-order valence-corrected chi connectivity index (χ4v) is 2.71. The Morgan fingerprint density at radius 3 is 2.40 bits per heavy atom. The van der Waals surface area contributed by atoms with Gasteiger partial charge in [-0.3, -0.25) is 4.79 Å². The molecule has 1 fully saturated rings. The van der Waals surface area contributed by atoms with Crippen molar-refractivity contribution in [1.82, 2.24) is 10.2 Å². The standard InChI is InChI=1S/C19H29N3O3/c1-19(2,3)25-18(24)22-11-9-15(10-12-22)13-21-17(23)14-20-16-7-5-4-6-8-16/h4-8,15,20H,9-14H2,1-3H3,(H,21,23). The lowest BCUT2D eigenvalue weighted by Gasteiger charge is -2.33. The summed E-state index contributed by atoms with van der Waals surface area (Å²) in [6.45, 7) is 7.89. The molecule has 0 aliphatic carbocycles. The third-order valence-corrected chi connectivity index (χ3v) is 4.08. The predicted octanol–water partition coefficient (Wildman–Crippen LogP) is 2.86. The zero-order valence-corrected chi connectivity index (χ0v) is 15.4. The number of likely N-dealkylation sites (tertiary alicyclic amines) is 1. The molecule has 0 bridgehead atoms. The summed E-state index contributed by atoms with van der Waals surface area (Å²) in [5, 5.41) is 6.06. The zero-order valence-electron chi connectivity index (χ0n) is 15.4. The van der Waals surface area contributed by atoms with E-state index in [0.717, 1.165) is 18.5 Å². The largest absolute Gasteiger partial charge is 0.444 e. The van der Waals surface area contributed by atoms with Gasteiger partial charge in [-0.25, -0.2) is 4.79 Å². The van der Waals surface area contributed by atoms with E-state index >= 15 is 0 Å². The minimum absolute atomic E-state index is 0.0153. The highest BCUT2D eigenvalue weighted by Crippen LogP contribution is 2.19. The van der Waals surface area contributed by atoms with Gasteiger partial charge in [0.25, 0.3) is 0 Å². The summed E-state index contributed by atoms with van der Waals surface area (Å²) in [5.74, 6) is 0.387. The number of carbonyl (C=O) groups excluding carboxylic acids is 2. The highest BCUT2D eigenvalue weighted by molar-refractivity contribution is 5.80. The van der Waals surface area contributed by atoms with Gasteiger partial charge in [0, 0.05) is 25.3 Å². The van der Waals surface area contributed by atoms with Crippen molar-refractivity contribution in [1.29, 1.82) is 0 Å². The molecule has 1 saturated heterocycles. The van der Waals surface area contributed by atoms with Crippen LogP contribution in [-0.2, 0) is 9.53 Å². The van der Waals surface area contributed by atoms with Gasteiger partial charge in [-0.15, -0.1) is 0 Å². The molecule has 1 aromatic rings. The first-order chi connectivity index (χ1) is 11.8. The van der Waals surface area contributed by atoms with Crippen LogP contribution in [-0.4, -0.2) is 48.7 Å². The van der Waals surface area contributed by atoms with Crippen molar-refractivity contribution in [2.45, 2.75) is 39.2 Å². The van der Waals surface area contributed by atoms with Crippen molar-refractivity contribution in [3.63, 3.8) is 0 Å². The Hall–Kier alpha value is -2.24. The zero-order chi connectivity index (χ0) is 18.3. The van der Waals surface area contributed by atoms with Crippen LogP contribution in [0.2, 0.25) is 0 Å². The van der Waals surface area contributed by atoms with Crippen LogP contribution in [0.25, 0.3) is 0 Å². The van der Waals surface area contributed by atoms with E-state index in [1.165, 1.54) is 0 Å². The van der Waals surface area contributed by atoms with Crippen LogP contribution in [0.3, 0.4) is 0 Å². The lowest BCUT2D eigenvalue weighted by molar-refractivity contribution is -0.119. The molecular weight excluding hydrogens is 318 g/mol. The molecule has 138 valence electrons. The number of hydrogen-bond acceptors (Lipinski definition) is 4. The monoisotopic (exact) mass is 347 g/mol. The van der Waals surface area contributed by atoms with Crippen LogP contribution in [0, 0.1) is 5.92 Å². The fraction of sp³-hybridized carbons (Fsp3) is 0.579. The van der Waals surface area contributed by atoms with Gasteiger partial charge < -0.3 is 20.3 Å². The summed E-state index contributed by atoms with van der Waals surface area (Å²) in [6.07, 6.45) is 1.51. The Balaban J connectivity index is 1.63. The number of amides is 2. The molecule has 1 heterocycles. The minimum Gasteiger partial charge on any atom is -0.444 e. The van der Waals surface area contributed by atoms with E-state index in [2.05, 4.69) is 10.6 Å². The minimum atomic E-state index is -0.465. The number of benzene rings is 1. The molecule has 25 heavy (non-hydrogen) atoms. The number of ether oxygens (including phenoxy) is 1. The number of piperidine rings is 1. The number of carbonyl (C=O) groups is 2. The number of nitrogens with one attached hydrogen (secondary N) is 2. The Morgan fingerprint density at radius 1 is 1.16 bits per heavy atom. The van der Waals surface area contributed by atoms with Crippen molar-refractivity contribution < 1.29 is 14.3 Å². The van der Waals surface area contributed by atoms with Crippen LogP contribution in [0.1, 0.15) is 33.6 Å². The number of rotatable bonds is 5. The quantitative estimate of drug-likeness (QED) is 0.859. The second-order valence-corrected chi connectivity index (χ2v) is 7.43. The summed E-state index contributed by atoms with van der Waals surface area (Å²) in [7, 11) is 0. The van der Waals surface area contributed by atoms with E-state index in [-0.39, 0.29) is 18.5 Å². The third-order valence-electron chi connectivity index (χ3n) is 4.08. The lowest BCUT2D eigenvalue weighted by Crippen LogP contribution is -2.44. The molecule has 2 amide bonds. The van der Waals surface area contributed by atoms with Gasteiger partial charge in [-0.1, -0.05) is 18.2 Å². The molecule has 0 atom stereocenters. The first-order valence-corrected chi connectivity index (χ1v) is 8.87. The van der Waals surface area contributed by atoms with E-state index in [1.807, 2.05) is 51.1 Å². The van der Waals surface area contributed by atoms with Crippen LogP contribution in [0.15, 0.2) is 30.3 Å². The number of nitrogens with zero attached hydrogens (tertiary/aromatic N) is 1. The molecule has 0 unspecified atom stereocenters. The molecule has 1 aromatic carbocycles. The molecule has 1 aliphatic rings. The topological polar surface area (TPSA) is 70.7 Å². The van der Waals surface area contributed by atoms with Crippen molar-refractivity contribution >= 4 is 17.7 Å². The third kappa shape index (κ3) is 7.03. The van der Waals surface area contributed by atoms with E-state index in [0.29, 0.717) is 25.6 Å². The Labute approximate surface area is 149 Å². The second-order valence-electron chi connectivity index (χ2n) is 7.43. The van der Waals surface area contributed by atoms with Crippen LogP contribution < -0.4 is 10.6 Å². The molecular formula is C19H29N3O3. The predicted molar refractivity (Wildman–Crippen MR) is 98.5 cm³/mol. The Morgan fingerprint density at radius 2 is 1.80 bits per heavy atom. The van der Waals surface area contributed by atoms with Gasteiger partial charge in [-0.2, -0.15) is 0 Å². The fourth-order valence-electron chi connectivity index (χ4n) is 2.71. The van der Waals surface area contributed by atoms with Crippen LogP contribution in [0.4, 0.5) is 10.5 Å². The van der Waals surface area contributed by atoms with Crippen LogP contribution in [0.5, 0.6) is 0 Å². The molecule has 2 N–H and O–H groups in total. The Bertz CT molecular complexity index is 561. The molecule has 0 saturated carbocycles. The van der Waals surface area contributed by atoms with Gasteiger partial charge in [0.2, 0.25) is 5.91 Å². The summed E-state index contributed by atoms with van der Waals surface area (Å²) in [4.78, 5) is 25.7. The molecule has 0 radical (unpaired) electrons. The van der Waals surface area contributed by atoms with Crippen LogP contribution >= 0.6 is 0 Å². The highest BCUT2D eigenvalue weighted by Gasteiger charge is 2.26. The first-order valence-electron chi connectivity index (χ1n) is 8.87. The van der Waals surface area contributed by atoms with Crippen molar-refractivity contribution in [3.05, 3.63) is 30.3 Å². The van der Waals surface area contributed by atoms with Crippen molar-refractivity contribution in [2.24, 2.45) is 5.92 Å². The average molecular weight is 347 g/mol. The number of anilines is 1. The summed E-state index contributed by atoms with van der Waals surface area (Å²) < 4.78 is 5.39. The smallest absolute Gasteiger partial charge is 0.410 e. The van der Waals surface area contributed by atoms with Crippen molar-refractivity contribution in [3.8, 4) is 0 Å². The SMILES string of the molecule is CC(C)(C)OC(=O)N1CCC(CNC(=O)CNc2ccccc2)CC1. The maximum Gasteiger partial charge on any atom is 0.410 e. The van der Waals surface area contributed by atoms with Gasteiger partial charge >= 0.3 is 6.09 Å². The first kappa shape index (κ1) is 19.1.